The van der Waals surface area contributed by atoms with Gasteiger partial charge in [0.2, 0.25) is 5.13 Å². The Balaban J connectivity index is 2.06. The van der Waals surface area contributed by atoms with Crippen molar-refractivity contribution in [1.29, 1.82) is 0 Å². The molecule has 2 aromatic rings. The van der Waals surface area contributed by atoms with Gasteiger partial charge >= 0.3 is 0 Å². The molecule has 1 N–H and O–H groups in total. The molecule has 0 bridgehead atoms. The fourth-order valence-corrected chi connectivity index (χ4v) is 2.88. The number of rotatable bonds is 5. The van der Waals surface area contributed by atoms with E-state index in [1.165, 1.54) is 17.5 Å². The normalized spacial score (nSPS) is 10.8. The highest BCUT2D eigenvalue weighted by atomic mass is 35.5. The number of hydrogen-bond donors (Lipinski definition) is 1. The van der Waals surface area contributed by atoms with Crippen LogP contribution in [0.1, 0.15) is 48.0 Å². The van der Waals surface area contributed by atoms with Gasteiger partial charge in [-0.15, -0.1) is 10.2 Å². The molecular weight excluding hydrogens is 296 g/mol. The van der Waals surface area contributed by atoms with E-state index < -0.39 is 0 Å². The first-order valence-electron chi connectivity index (χ1n) is 6.40. The second-order valence-electron chi connectivity index (χ2n) is 4.28. The van der Waals surface area contributed by atoms with E-state index in [2.05, 4.69) is 34.3 Å². The zero-order valence-corrected chi connectivity index (χ0v) is 12.8. The molecule has 2 heterocycles. The van der Waals surface area contributed by atoms with Gasteiger partial charge in [0, 0.05) is 12.1 Å². The van der Waals surface area contributed by atoms with Crippen molar-refractivity contribution in [3.05, 3.63) is 34.1 Å². The van der Waals surface area contributed by atoms with Crippen LogP contribution in [0.25, 0.3) is 0 Å². The molecule has 20 heavy (non-hydrogen) atoms. The molecule has 0 unspecified atom stereocenters. The van der Waals surface area contributed by atoms with Crippen molar-refractivity contribution >= 4 is 34.0 Å². The largest absolute Gasteiger partial charge is 0.296 e. The number of amides is 1. The van der Waals surface area contributed by atoms with E-state index in [0.717, 1.165) is 17.8 Å². The lowest BCUT2D eigenvalue weighted by Crippen LogP contribution is -2.11. The highest BCUT2D eigenvalue weighted by Crippen LogP contribution is 2.28. The van der Waals surface area contributed by atoms with Gasteiger partial charge in [-0.05, 0) is 25.0 Å². The van der Waals surface area contributed by atoms with Gasteiger partial charge < -0.3 is 0 Å². The van der Waals surface area contributed by atoms with Crippen LogP contribution < -0.4 is 5.32 Å². The first-order valence-corrected chi connectivity index (χ1v) is 7.59. The van der Waals surface area contributed by atoms with Crippen molar-refractivity contribution in [3.63, 3.8) is 0 Å². The van der Waals surface area contributed by atoms with Crippen molar-refractivity contribution in [2.24, 2.45) is 0 Å². The van der Waals surface area contributed by atoms with E-state index in [1.807, 2.05) is 0 Å². The van der Waals surface area contributed by atoms with Gasteiger partial charge in [-0.1, -0.05) is 36.8 Å². The number of anilines is 1. The first-order chi connectivity index (χ1) is 9.63. The first kappa shape index (κ1) is 14.9. The molecule has 106 valence electrons. The highest BCUT2D eigenvalue weighted by Gasteiger charge is 2.15. The Bertz CT molecular complexity index is 580. The summed E-state index contributed by atoms with van der Waals surface area (Å²) in [4.78, 5) is 15.9. The van der Waals surface area contributed by atoms with Gasteiger partial charge in [-0.2, -0.15) is 0 Å². The van der Waals surface area contributed by atoms with Gasteiger partial charge in [-0.3, -0.25) is 10.1 Å². The number of halogens is 1. The Morgan fingerprint density at radius 2 is 2.10 bits per heavy atom. The highest BCUT2D eigenvalue weighted by molar-refractivity contribution is 7.15. The molecule has 2 rings (SSSR count). The van der Waals surface area contributed by atoms with E-state index in [0.29, 0.717) is 21.8 Å². The second kappa shape index (κ2) is 6.76. The van der Waals surface area contributed by atoms with Gasteiger partial charge in [0.25, 0.3) is 5.91 Å². The number of carbonyl (C=O) groups excluding carboxylic acids is 1. The quantitative estimate of drug-likeness (QED) is 0.854. The molecule has 0 saturated heterocycles. The Morgan fingerprint density at radius 1 is 1.35 bits per heavy atom. The maximum Gasteiger partial charge on any atom is 0.259 e. The van der Waals surface area contributed by atoms with E-state index in [4.69, 9.17) is 11.6 Å². The van der Waals surface area contributed by atoms with Crippen LogP contribution in [0.5, 0.6) is 0 Å². The molecule has 0 aliphatic heterocycles. The summed E-state index contributed by atoms with van der Waals surface area (Å²) in [6.07, 6.45) is 3.46. The van der Waals surface area contributed by atoms with Crippen LogP contribution in [0, 0.1) is 0 Å². The zero-order valence-electron chi connectivity index (χ0n) is 11.3. The average molecular weight is 311 g/mol. The Hall–Kier alpha value is -1.53. The van der Waals surface area contributed by atoms with Crippen LogP contribution >= 0.6 is 22.9 Å². The second-order valence-corrected chi connectivity index (χ2v) is 5.68. The number of carbonyl (C=O) groups is 1. The lowest BCUT2D eigenvalue weighted by Gasteiger charge is -2.05. The van der Waals surface area contributed by atoms with Crippen LogP contribution in [0.2, 0.25) is 5.15 Å². The van der Waals surface area contributed by atoms with Crippen LogP contribution in [0.15, 0.2) is 18.3 Å². The molecule has 0 aromatic carbocycles. The lowest BCUT2D eigenvalue weighted by atomic mass is 10.1. The molecule has 1 amide bonds. The van der Waals surface area contributed by atoms with Gasteiger partial charge in [0.1, 0.15) is 10.2 Å². The number of nitrogens with zero attached hydrogens (tertiary/aromatic N) is 3. The van der Waals surface area contributed by atoms with Crippen LogP contribution in [0.3, 0.4) is 0 Å². The average Bonchev–Trinajstić information content (AvgIpc) is 2.89. The smallest absolute Gasteiger partial charge is 0.259 e. The maximum atomic E-state index is 12.0. The standard InChI is InChI=1S/C13H15ClN4OS/c1-3-8(4-2)12-17-18-13(20-12)16-11(19)9-5-6-10(14)15-7-9/h5-8H,3-4H2,1-2H3,(H,16,18,19). The number of pyridine rings is 1. The van der Waals surface area contributed by atoms with Gasteiger partial charge in [-0.25, -0.2) is 4.98 Å². The third kappa shape index (κ3) is 3.52. The summed E-state index contributed by atoms with van der Waals surface area (Å²) in [5.41, 5.74) is 0.439. The van der Waals surface area contributed by atoms with Crippen molar-refractivity contribution in [3.8, 4) is 0 Å². The maximum absolute atomic E-state index is 12.0. The third-order valence-corrected chi connectivity index (χ3v) is 4.21. The van der Waals surface area contributed by atoms with Crippen molar-refractivity contribution < 1.29 is 4.79 Å². The summed E-state index contributed by atoms with van der Waals surface area (Å²) < 4.78 is 0. The van der Waals surface area contributed by atoms with E-state index >= 15 is 0 Å². The third-order valence-electron chi connectivity index (χ3n) is 2.99. The Kier molecular flexibility index (Phi) is 5.03. The summed E-state index contributed by atoms with van der Waals surface area (Å²) in [7, 11) is 0. The van der Waals surface area contributed by atoms with E-state index in [1.54, 1.807) is 12.1 Å². The minimum atomic E-state index is -0.263. The number of hydrogen-bond acceptors (Lipinski definition) is 5. The predicted octanol–water partition coefficient (Wildman–Crippen LogP) is 3.74. The molecule has 0 aliphatic rings. The van der Waals surface area contributed by atoms with Crippen LogP contribution in [-0.4, -0.2) is 21.1 Å². The van der Waals surface area contributed by atoms with Gasteiger partial charge in [0.15, 0.2) is 0 Å². The summed E-state index contributed by atoms with van der Waals surface area (Å²) in [5, 5.41) is 12.7. The molecule has 2 aromatic heterocycles. The number of nitrogens with one attached hydrogen (secondary N) is 1. The summed E-state index contributed by atoms with van der Waals surface area (Å²) >= 11 is 7.10. The van der Waals surface area contributed by atoms with Crippen molar-refractivity contribution in [1.82, 2.24) is 15.2 Å². The Labute approximate surface area is 126 Å². The predicted molar refractivity (Wildman–Crippen MR) is 80.4 cm³/mol. The molecule has 0 atom stereocenters. The molecule has 0 fully saturated rings. The molecule has 7 heteroatoms. The SMILES string of the molecule is CCC(CC)c1nnc(NC(=O)c2ccc(Cl)nc2)s1. The molecular formula is C13H15ClN4OS. The van der Waals surface area contributed by atoms with Crippen molar-refractivity contribution in [2.75, 3.05) is 5.32 Å². The monoisotopic (exact) mass is 310 g/mol. The fourth-order valence-electron chi connectivity index (χ4n) is 1.77. The Morgan fingerprint density at radius 3 is 2.70 bits per heavy atom. The summed E-state index contributed by atoms with van der Waals surface area (Å²) in [6.45, 7) is 4.24. The molecule has 0 spiro atoms. The van der Waals surface area contributed by atoms with E-state index in [-0.39, 0.29) is 5.91 Å². The number of aromatic nitrogens is 3. The fraction of sp³-hybridized carbons (Fsp3) is 0.385. The van der Waals surface area contributed by atoms with Crippen molar-refractivity contribution in [2.45, 2.75) is 32.6 Å². The molecule has 5 nitrogen and oxygen atoms in total. The summed E-state index contributed by atoms with van der Waals surface area (Å²) in [6, 6.07) is 3.19. The summed E-state index contributed by atoms with van der Waals surface area (Å²) in [5.74, 6) is 0.136. The minimum absolute atomic E-state index is 0.263. The lowest BCUT2D eigenvalue weighted by molar-refractivity contribution is 0.102. The molecule has 0 radical (unpaired) electrons. The molecule has 0 aliphatic carbocycles. The van der Waals surface area contributed by atoms with Gasteiger partial charge in [0.05, 0.1) is 5.56 Å². The molecule has 0 saturated carbocycles. The topological polar surface area (TPSA) is 67.8 Å². The van der Waals surface area contributed by atoms with Crippen LogP contribution in [-0.2, 0) is 0 Å². The zero-order chi connectivity index (χ0) is 14.5. The van der Waals surface area contributed by atoms with Crippen LogP contribution in [0.4, 0.5) is 5.13 Å². The van der Waals surface area contributed by atoms with E-state index in [9.17, 15) is 4.79 Å². The minimum Gasteiger partial charge on any atom is -0.296 e.